The van der Waals surface area contributed by atoms with Crippen molar-refractivity contribution in [2.75, 3.05) is 0 Å². The third-order valence-corrected chi connectivity index (χ3v) is 10.3. The number of hydrogen-bond acceptors (Lipinski definition) is 1. The molecule has 0 amide bonds. The number of fused-ring (bicyclic) bond motifs is 6. The predicted octanol–water partition coefficient (Wildman–Crippen LogP) is 12.2. The van der Waals surface area contributed by atoms with Gasteiger partial charge in [0.05, 0.1) is 0 Å². The van der Waals surface area contributed by atoms with Crippen molar-refractivity contribution in [2.45, 2.75) is 20.3 Å². The van der Waals surface area contributed by atoms with E-state index >= 15 is 0 Å². The van der Waals surface area contributed by atoms with Crippen LogP contribution in [0, 0.1) is 6.92 Å². The van der Waals surface area contributed by atoms with Crippen molar-refractivity contribution in [1.29, 1.82) is 0 Å². The van der Waals surface area contributed by atoms with Crippen molar-refractivity contribution in [3.8, 4) is 28.0 Å². The van der Waals surface area contributed by atoms with Crippen molar-refractivity contribution < 1.29 is 5.11 Å². The highest BCUT2D eigenvalue weighted by molar-refractivity contribution is 9.10. The molecule has 0 unspecified atom stereocenters. The van der Waals surface area contributed by atoms with Crippen LogP contribution in [0.2, 0.25) is 0 Å². The van der Waals surface area contributed by atoms with Crippen molar-refractivity contribution in [1.82, 2.24) is 0 Å². The number of hydrogen-bond donors (Lipinski definition) is 1. The van der Waals surface area contributed by atoms with Crippen LogP contribution in [0.5, 0.6) is 5.75 Å². The minimum atomic E-state index is 0.278. The van der Waals surface area contributed by atoms with Crippen LogP contribution < -0.4 is 0 Å². The van der Waals surface area contributed by atoms with Gasteiger partial charge in [-0.1, -0.05) is 114 Å². The molecule has 0 saturated heterocycles. The lowest BCUT2D eigenvalue weighted by Gasteiger charge is -2.16. The standard InChI is InChI=1S/C41H27BrO/c1-3-23-11-13-24(14-12-23)34-39-30-9-5-7-28-33(42)21-20-32(37(28)30)41(39)35(25-15-17-26(43)18-16-25)38-29-8-4-6-27-22(2)10-19-31(36(27)29)40(34)38/h4-21,43H,3H2,1-2H3. The van der Waals surface area contributed by atoms with E-state index in [1.807, 2.05) is 12.1 Å². The van der Waals surface area contributed by atoms with Crippen LogP contribution >= 0.6 is 15.9 Å². The van der Waals surface area contributed by atoms with Gasteiger partial charge in [0.15, 0.2) is 0 Å². The van der Waals surface area contributed by atoms with E-state index in [-0.39, 0.29) is 5.75 Å². The van der Waals surface area contributed by atoms with E-state index in [1.54, 1.807) is 0 Å². The van der Waals surface area contributed by atoms with E-state index in [1.165, 1.54) is 92.5 Å². The van der Waals surface area contributed by atoms with Gasteiger partial charge in [0.25, 0.3) is 0 Å². The second-order valence-corrected chi connectivity index (χ2v) is 12.7. The van der Waals surface area contributed by atoms with Gasteiger partial charge in [-0.3, -0.25) is 0 Å². The normalized spacial score (nSPS) is 12.3. The van der Waals surface area contributed by atoms with Crippen LogP contribution in [-0.2, 0) is 6.42 Å². The Labute approximate surface area is 257 Å². The van der Waals surface area contributed by atoms with Crippen molar-refractivity contribution >= 4 is 80.6 Å². The first-order valence-electron chi connectivity index (χ1n) is 14.9. The lowest BCUT2D eigenvalue weighted by atomic mass is 9.87. The third-order valence-electron chi connectivity index (χ3n) is 9.63. The molecule has 0 saturated carbocycles. The summed E-state index contributed by atoms with van der Waals surface area (Å²) in [5.74, 6) is 0.278. The zero-order valence-electron chi connectivity index (χ0n) is 23.9. The van der Waals surface area contributed by atoms with Gasteiger partial charge in [-0.05, 0) is 130 Å². The van der Waals surface area contributed by atoms with Gasteiger partial charge < -0.3 is 5.11 Å². The second kappa shape index (κ2) is 8.92. The highest BCUT2D eigenvalue weighted by atomic mass is 79.9. The molecule has 9 aromatic rings. The third kappa shape index (κ3) is 3.27. The lowest BCUT2D eigenvalue weighted by molar-refractivity contribution is 0.475. The van der Waals surface area contributed by atoms with E-state index in [0.29, 0.717) is 0 Å². The van der Waals surface area contributed by atoms with Gasteiger partial charge in [-0.15, -0.1) is 0 Å². The number of aryl methyl sites for hydroxylation is 2. The topological polar surface area (TPSA) is 20.2 Å². The van der Waals surface area contributed by atoms with Crippen molar-refractivity contribution in [3.63, 3.8) is 0 Å². The summed E-state index contributed by atoms with van der Waals surface area (Å²) in [6.07, 6.45) is 1.01. The first-order chi connectivity index (χ1) is 21.0. The average molecular weight is 616 g/mol. The monoisotopic (exact) mass is 614 g/mol. The highest BCUT2D eigenvalue weighted by Gasteiger charge is 2.27. The molecule has 0 bridgehead atoms. The number of phenols is 1. The summed E-state index contributed by atoms with van der Waals surface area (Å²) >= 11 is 3.86. The summed E-state index contributed by atoms with van der Waals surface area (Å²) in [7, 11) is 0. The SMILES string of the molecule is CCc1ccc(-c2c3c4ccc(C)c5cccc(c3c(-c3ccc(O)cc3)c3c6ccc(Br)c7cccc(c23)c76)c54)cc1. The van der Waals surface area contributed by atoms with Gasteiger partial charge >= 0.3 is 0 Å². The zero-order valence-corrected chi connectivity index (χ0v) is 25.5. The smallest absolute Gasteiger partial charge is 0.115 e. The van der Waals surface area contributed by atoms with Crippen molar-refractivity contribution in [2.24, 2.45) is 0 Å². The number of phenolic OH excluding ortho intramolecular Hbond substituents is 1. The Morgan fingerprint density at radius 1 is 0.488 bits per heavy atom. The summed E-state index contributed by atoms with van der Waals surface area (Å²) in [5, 5.41) is 25.8. The van der Waals surface area contributed by atoms with Gasteiger partial charge in [0, 0.05) is 4.47 Å². The first-order valence-corrected chi connectivity index (χ1v) is 15.7. The molecule has 1 nitrogen and oxygen atoms in total. The zero-order chi connectivity index (χ0) is 29.0. The van der Waals surface area contributed by atoms with E-state index in [0.717, 1.165) is 16.5 Å². The maximum atomic E-state index is 10.3. The molecule has 0 radical (unpaired) electrons. The predicted molar refractivity (Wildman–Crippen MR) is 188 cm³/mol. The molecular weight excluding hydrogens is 588 g/mol. The molecule has 2 heteroatoms. The summed E-state index contributed by atoms with van der Waals surface area (Å²) in [5.41, 5.74) is 7.53. The molecule has 204 valence electrons. The molecule has 0 atom stereocenters. The maximum Gasteiger partial charge on any atom is 0.115 e. The fourth-order valence-corrected chi connectivity index (χ4v) is 8.16. The molecule has 43 heavy (non-hydrogen) atoms. The Morgan fingerprint density at radius 2 is 0.953 bits per heavy atom. The minimum Gasteiger partial charge on any atom is -0.508 e. The molecule has 0 aliphatic carbocycles. The van der Waals surface area contributed by atoms with Crippen LogP contribution in [0.15, 0.2) is 114 Å². The van der Waals surface area contributed by atoms with E-state index in [2.05, 4.69) is 127 Å². The molecule has 0 fully saturated rings. The van der Waals surface area contributed by atoms with Gasteiger partial charge in [0.1, 0.15) is 5.75 Å². The highest BCUT2D eigenvalue weighted by Crippen LogP contribution is 2.56. The summed E-state index contributed by atoms with van der Waals surface area (Å²) in [6.45, 7) is 4.43. The fourth-order valence-electron chi connectivity index (χ4n) is 7.70. The van der Waals surface area contributed by atoms with Crippen LogP contribution in [0.25, 0.3) is 86.9 Å². The van der Waals surface area contributed by atoms with E-state index in [9.17, 15) is 5.11 Å². The number of aromatic hydroxyl groups is 1. The first kappa shape index (κ1) is 24.9. The van der Waals surface area contributed by atoms with Crippen LogP contribution in [0.1, 0.15) is 18.1 Å². The molecule has 9 aromatic carbocycles. The van der Waals surface area contributed by atoms with Crippen molar-refractivity contribution in [3.05, 3.63) is 125 Å². The largest absolute Gasteiger partial charge is 0.508 e. The molecule has 0 aliphatic heterocycles. The molecule has 9 rings (SSSR count). The molecule has 0 spiro atoms. The van der Waals surface area contributed by atoms with Gasteiger partial charge in [-0.25, -0.2) is 0 Å². The maximum absolute atomic E-state index is 10.3. The average Bonchev–Trinajstić information content (AvgIpc) is 3.55. The molecular formula is C41H27BrO. The van der Waals surface area contributed by atoms with E-state index in [4.69, 9.17) is 0 Å². The van der Waals surface area contributed by atoms with E-state index < -0.39 is 0 Å². The molecule has 0 aromatic heterocycles. The second-order valence-electron chi connectivity index (χ2n) is 11.8. The Bertz CT molecular complexity index is 2460. The summed E-state index contributed by atoms with van der Waals surface area (Å²) < 4.78 is 1.11. The quantitative estimate of drug-likeness (QED) is 0.210. The summed E-state index contributed by atoms with van der Waals surface area (Å²) in [4.78, 5) is 0. The number of benzene rings is 7. The lowest BCUT2D eigenvalue weighted by Crippen LogP contribution is -1.88. The fraction of sp³-hybridized carbons (Fsp3) is 0.0732. The Balaban J connectivity index is 1.67. The molecule has 1 N–H and O–H groups in total. The van der Waals surface area contributed by atoms with Crippen LogP contribution in [0.3, 0.4) is 0 Å². The Morgan fingerprint density at radius 3 is 1.53 bits per heavy atom. The Kier molecular flexibility index (Phi) is 5.17. The van der Waals surface area contributed by atoms with Gasteiger partial charge in [0.2, 0.25) is 0 Å². The number of halogens is 1. The molecule has 0 aliphatic rings. The Hall–Kier alpha value is -4.66. The molecule has 0 heterocycles. The number of rotatable bonds is 3. The minimum absolute atomic E-state index is 0.278. The summed E-state index contributed by atoms with van der Waals surface area (Å²) in [6, 6.07) is 39.6. The van der Waals surface area contributed by atoms with Crippen LogP contribution in [0.4, 0.5) is 0 Å². The van der Waals surface area contributed by atoms with Crippen LogP contribution in [-0.4, -0.2) is 5.11 Å². The van der Waals surface area contributed by atoms with Gasteiger partial charge in [-0.2, -0.15) is 0 Å².